The molecule has 0 spiro atoms. The molecule has 1 atom stereocenters. The fourth-order valence-electron chi connectivity index (χ4n) is 3.25. The van der Waals surface area contributed by atoms with Crippen LogP contribution in [0.5, 0.6) is 0 Å². The van der Waals surface area contributed by atoms with E-state index in [0.717, 1.165) is 18.1 Å². The van der Waals surface area contributed by atoms with Crippen LogP contribution in [0, 0.1) is 0 Å². The van der Waals surface area contributed by atoms with Crippen LogP contribution >= 0.6 is 0 Å². The van der Waals surface area contributed by atoms with E-state index in [0.29, 0.717) is 18.7 Å². The summed E-state index contributed by atoms with van der Waals surface area (Å²) >= 11 is 0. The number of aryl methyl sites for hydroxylation is 1. The van der Waals surface area contributed by atoms with Crippen molar-refractivity contribution in [2.24, 2.45) is 7.05 Å². The number of benzene rings is 1. The van der Waals surface area contributed by atoms with Crippen LogP contribution in [-0.4, -0.2) is 49.5 Å². The Balaban J connectivity index is 1.65. The van der Waals surface area contributed by atoms with Gasteiger partial charge in [-0.2, -0.15) is 0 Å². The maximum Gasteiger partial charge on any atom is 0.254 e. The number of carbonyl (C=O) groups excluding carboxylic acids is 1. The lowest BCUT2D eigenvalue weighted by molar-refractivity contribution is 0.0621. The molecule has 1 aromatic carbocycles. The van der Waals surface area contributed by atoms with E-state index in [1.54, 1.807) is 18.7 Å². The van der Waals surface area contributed by atoms with Crippen molar-refractivity contribution in [3.8, 4) is 5.69 Å². The van der Waals surface area contributed by atoms with Crippen LogP contribution in [0.15, 0.2) is 55.4 Å². The number of nitrogens with one attached hydrogen (secondary N) is 1. The molecule has 1 amide bonds. The predicted molar refractivity (Wildman–Crippen MR) is 93.4 cm³/mol. The zero-order valence-corrected chi connectivity index (χ0v) is 14.0. The molecule has 2 aromatic heterocycles. The van der Waals surface area contributed by atoms with Gasteiger partial charge in [-0.25, -0.2) is 9.97 Å². The predicted octanol–water partition coefficient (Wildman–Crippen LogP) is 1.39. The van der Waals surface area contributed by atoms with Crippen molar-refractivity contribution in [2.45, 2.75) is 6.04 Å². The Morgan fingerprint density at radius 3 is 2.96 bits per heavy atom. The number of imidazole rings is 2. The number of hydrogen-bond acceptors (Lipinski definition) is 4. The minimum atomic E-state index is -0.0712. The number of piperazine rings is 1. The molecule has 3 heterocycles. The second-order valence-corrected chi connectivity index (χ2v) is 6.14. The summed E-state index contributed by atoms with van der Waals surface area (Å²) in [6.07, 6.45) is 9.00. The second kappa shape index (κ2) is 6.52. The molecule has 7 nitrogen and oxygen atoms in total. The van der Waals surface area contributed by atoms with Gasteiger partial charge in [0.05, 0.1) is 6.33 Å². The van der Waals surface area contributed by atoms with Crippen LogP contribution in [0.1, 0.15) is 22.2 Å². The summed E-state index contributed by atoms with van der Waals surface area (Å²) in [5, 5.41) is 3.36. The first-order valence-electron chi connectivity index (χ1n) is 8.31. The molecule has 0 saturated carbocycles. The zero-order valence-electron chi connectivity index (χ0n) is 14.0. The fourth-order valence-corrected chi connectivity index (χ4v) is 3.25. The molecule has 0 radical (unpaired) electrons. The topological polar surface area (TPSA) is 68.0 Å². The van der Waals surface area contributed by atoms with Gasteiger partial charge in [-0.05, 0) is 18.2 Å². The number of carbonyl (C=O) groups is 1. The SMILES string of the molecule is Cn1ccnc1C1CNCCN1C(=O)c1cccc(-n2ccnc2)c1. The van der Waals surface area contributed by atoms with Gasteiger partial charge in [-0.15, -0.1) is 0 Å². The molecular weight excluding hydrogens is 316 g/mol. The Morgan fingerprint density at radius 1 is 1.28 bits per heavy atom. The normalized spacial score (nSPS) is 17.6. The molecule has 1 aliphatic rings. The number of rotatable bonds is 3. The Labute approximate surface area is 145 Å². The van der Waals surface area contributed by atoms with E-state index in [1.165, 1.54) is 0 Å². The number of hydrogen-bond donors (Lipinski definition) is 1. The summed E-state index contributed by atoms with van der Waals surface area (Å²) in [5.74, 6) is 0.919. The highest BCUT2D eigenvalue weighted by Crippen LogP contribution is 2.23. The Bertz CT molecular complexity index is 869. The van der Waals surface area contributed by atoms with Crippen molar-refractivity contribution in [3.63, 3.8) is 0 Å². The summed E-state index contributed by atoms with van der Waals surface area (Å²) < 4.78 is 3.87. The standard InChI is InChI=1S/C18H20N6O/c1-22-8-7-21-17(22)16-12-19-6-10-24(16)18(25)14-3-2-4-15(11-14)23-9-5-20-13-23/h2-5,7-9,11,13,16,19H,6,10,12H2,1H3. The highest BCUT2D eigenvalue weighted by molar-refractivity contribution is 5.95. The summed E-state index contributed by atoms with van der Waals surface area (Å²) in [5.41, 5.74) is 1.60. The van der Waals surface area contributed by atoms with E-state index in [1.807, 2.05) is 57.7 Å². The molecule has 1 aliphatic heterocycles. The third-order valence-electron chi connectivity index (χ3n) is 4.56. The maximum absolute atomic E-state index is 13.2. The summed E-state index contributed by atoms with van der Waals surface area (Å²) in [4.78, 5) is 23.6. The average Bonchev–Trinajstić information content (AvgIpc) is 3.33. The van der Waals surface area contributed by atoms with Crippen molar-refractivity contribution >= 4 is 5.91 Å². The zero-order chi connectivity index (χ0) is 17.2. The minimum Gasteiger partial charge on any atom is -0.336 e. The molecule has 128 valence electrons. The van der Waals surface area contributed by atoms with Crippen LogP contribution in [0.3, 0.4) is 0 Å². The van der Waals surface area contributed by atoms with Crippen molar-refractivity contribution in [3.05, 3.63) is 66.8 Å². The fraction of sp³-hybridized carbons (Fsp3) is 0.278. The number of amides is 1. The molecule has 1 fully saturated rings. The van der Waals surface area contributed by atoms with E-state index in [9.17, 15) is 4.79 Å². The number of nitrogens with zero attached hydrogens (tertiary/aromatic N) is 5. The smallest absolute Gasteiger partial charge is 0.254 e. The van der Waals surface area contributed by atoms with Gasteiger partial charge in [0.2, 0.25) is 0 Å². The molecule has 7 heteroatoms. The van der Waals surface area contributed by atoms with Crippen LogP contribution in [-0.2, 0) is 7.05 Å². The van der Waals surface area contributed by atoms with Crippen LogP contribution in [0.4, 0.5) is 0 Å². The van der Waals surface area contributed by atoms with Crippen molar-refractivity contribution in [2.75, 3.05) is 19.6 Å². The first-order valence-corrected chi connectivity index (χ1v) is 8.31. The van der Waals surface area contributed by atoms with Gasteiger partial charge < -0.3 is 19.4 Å². The molecule has 1 N–H and O–H groups in total. The molecule has 1 saturated heterocycles. The van der Waals surface area contributed by atoms with E-state index in [-0.39, 0.29) is 11.9 Å². The summed E-state index contributed by atoms with van der Waals surface area (Å²) in [6.45, 7) is 2.15. The third-order valence-corrected chi connectivity index (χ3v) is 4.56. The van der Waals surface area contributed by atoms with Gasteiger partial charge in [0.15, 0.2) is 0 Å². The van der Waals surface area contributed by atoms with Crippen molar-refractivity contribution in [1.82, 2.24) is 29.3 Å². The second-order valence-electron chi connectivity index (χ2n) is 6.14. The molecular formula is C18H20N6O. The third kappa shape index (κ3) is 2.94. The van der Waals surface area contributed by atoms with Gasteiger partial charge in [0.1, 0.15) is 11.9 Å². The quantitative estimate of drug-likeness (QED) is 0.785. The van der Waals surface area contributed by atoms with E-state index >= 15 is 0 Å². The van der Waals surface area contributed by atoms with E-state index in [4.69, 9.17) is 0 Å². The monoisotopic (exact) mass is 336 g/mol. The Morgan fingerprint density at radius 2 is 2.20 bits per heavy atom. The molecule has 25 heavy (non-hydrogen) atoms. The van der Waals surface area contributed by atoms with Crippen LogP contribution < -0.4 is 5.32 Å². The first-order chi connectivity index (χ1) is 12.2. The van der Waals surface area contributed by atoms with E-state index < -0.39 is 0 Å². The molecule has 4 rings (SSSR count). The van der Waals surface area contributed by atoms with Gasteiger partial charge in [0, 0.05) is 62.7 Å². The summed E-state index contributed by atoms with van der Waals surface area (Å²) in [7, 11) is 1.96. The van der Waals surface area contributed by atoms with Gasteiger partial charge in [0.25, 0.3) is 5.91 Å². The Hall–Kier alpha value is -2.93. The molecule has 0 bridgehead atoms. The van der Waals surface area contributed by atoms with Crippen LogP contribution in [0.25, 0.3) is 5.69 Å². The molecule has 1 unspecified atom stereocenters. The van der Waals surface area contributed by atoms with Crippen LogP contribution in [0.2, 0.25) is 0 Å². The number of aromatic nitrogens is 4. The highest BCUT2D eigenvalue weighted by atomic mass is 16.2. The lowest BCUT2D eigenvalue weighted by atomic mass is 10.1. The Kier molecular flexibility index (Phi) is 4.07. The average molecular weight is 336 g/mol. The molecule has 0 aliphatic carbocycles. The van der Waals surface area contributed by atoms with Gasteiger partial charge >= 0.3 is 0 Å². The minimum absolute atomic E-state index is 0.0245. The summed E-state index contributed by atoms with van der Waals surface area (Å²) in [6, 6.07) is 7.56. The molecule has 3 aromatic rings. The van der Waals surface area contributed by atoms with E-state index in [2.05, 4.69) is 15.3 Å². The largest absolute Gasteiger partial charge is 0.336 e. The first kappa shape index (κ1) is 15.6. The lowest BCUT2D eigenvalue weighted by Gasteiger charge is -2.35. The van der Waals surface area contributed by atoms with Gasteiger partial charge in [-0.3, -0.25) is 4.79 Å². The van der Waals surface area contributed by atoms with Crippen molar-refractivity contribution in [1.29, 1.82) is 0 Å². The maximum atomic E-state index is 13.2. The highest BCUT2D eigenvalue weighted by Gasteiger charge is 2.31. The lowest BCUT2D eigenvalue weighted by Crippen LogP contribution is -2.49. The van der Waals surface area contributed by atoms with Gasteiger partial charge in [-0.1, -0.05) is 6.07 Å². The van der Waals surface area contributed by atoms with Crippen molar-refractivity contribution < 1.29 is 4.79 Å².